The minimum atomic E-state index is -0.135. The highest BCUT2D eigenvalue weighted by molar-refractivity contribution is 6.05. The molecular weight excluding hydrogens is 216 g/mol. The number of anilines is 2. The van der Waals surface area contributed by atoms with Crippen LogP contribution in [-0.4, -0.2) is 22.9 Å². The molecular formula is C12H12N4O. The fourth-order valence-electron chi connectivity index (χ4n) is 1.39. The van der Waals surface area contributed by atoms with Gasteiger partial charge in [-0.05, 0) is 24.3 Å². The van der Waals surface area contributed by atoms with Crippen LogP contribution in [-0.2, 0) is 0 Å². The van der Waals surface area contributed by atoms with E-state index in [9.17, 15) is 4.79 Å². The van der Waals surface area contributed by atoms with Gasteiger partial charge in [-0.3, -0.25) is 14.7 Å². The van der Waals surface area contributed by atoms with Crippen LogP contribution in [0.1, 0.15) is 10.4 Å². The second kappa shape index (κ2) is 4.61. The van der Waals surface area contributed by atoms with Crippen molar-refractivity contribution >= 4 is 17.4 Å². The van der Waals surface area contributed by atoms with Crippen LogP contribution in [0.2, 0.25) is 0 Å². The van der Waals surface area contributed by atoms with Crippen molar-refractivity contribution < 1.29 is 4.79 Å². The number of nitrogens with two attached hydrogens (primary N) is 1. The van der Waals surface area contributed by atoms with Crippen LogP contribution in [0.3, 0.4) is 0 Å². The molecule has 0 aliphatic heterocycles. The maximum Gasteiger partial charge on any atom is 0.259 e. The van der Waals surface area contributed by atoms with Gasteiger partial charge in [0.05, 0.1) is 11.9 Å². The predicted octanol–water partition coefficient (Wildman–Crippen LogP) is 1.34. The van der Waals surface area contributed by atoms with Gasteiger partial charge in [0, 0.05) is 25.0 Å². The van der Waals surface area contributed by atoms with Crippen molar-refractivity contribution in [2.75, 3.05) is 17.7 Å². The van der Waals surface area contributed by atoms with E-state index in [0.29, 0.717) is 17.1 Å². The van der Waals surface area contributed by atoms with Crippen molar-refractivity contribution in [1.29, 1.82) is 0 Å². The highest BCUT2D eigenvalue weighted by Crippen LogP contribution is 2.13. The van der Waals surface area contributed by atoms with Gasteiger partial charge in [-0.1, -0.05) is 0 Å². The molecule has 17 heavy (non-hydrogen) atoms. The summed E-state index contributed by atoms with van der Waals surface area (Å²) in [4.78, 5) is 21.5. The van der Waals surface area contributed by atoms with E-state index in [1.807, 2.05) is 0 Å². The lowest BCUT2D eigenvalue weighted by atomic mass is 10.2. The summed E-state index contributed by atoms with van der Waals surface area (Å²) in [5, 5.41) is 0. The molecule has 1 amide bonds. The van der Waals surface area contributed by atoms with E-state index >= 15 is 0 Å². The molecule has 0 unspecified atom stereocenters. The molecule has 0 saturated carbocycles. The second-order valence-electron chi connectivity index (χ2n) is 3.55. The average Bonchev–Trinajstić information content (AvgIpc) is 2.39. The van der Waals surface area contributed by atoms with E-state index in [1.54, 1.807) is 43.7 Å². The number of carbonyl (C=O) groups is 1. The number of nitrogens with zero attached hydrogens (tertiary/aromatic N) is 3. The zero-order chi connectivity index (χ0) is 12.3. The number of pyridine rings is 2. The molecule has 0 aliphatic rings. The molecule has 0 bridgehead atoms. The van der Waals surface area contributed by atoms with Gasteiger partial charge in [-0.2, -0.15) is 0 Å². The Balaban J connectivity index is 2.23. The Bertz CT molecular complexity index is 510. The van der Waals surface area contributed by atoms with Crippen LogP contribution in [0.5, 0.6) is 0 Å². The number of aromatic nitrogens is 2. The van der Waals surface area contributed by atoms with Crippen LogP contribution in [0.4, 0.5) is 11.5 Å². The molecule has 5 heteroatoms. The largest absolute Gasteiger partial charge is 0.397 e. The molecule has 0 atom stereocenters. The first-order chi connectivity index (χ1) is 8.18. The van der Waals surface area contributed by atoms with E-state index in [0.717, 1.165) is 0 Å². The molecule has 0 spiro atoms. The predicted molar refractivity (Wildman–Crippen MR) is 65.6 cm³/mol. The second-order valence-corrected chi connectivity index (χ2v) is 3.55. The number of nitrogen functional groups attached to an aromatic ring is 1. The lowest BCUT2D eigenvalue weighted by Crippen LogP contribution is -2.27. The van der Waals surface area contributed by atoms with Crippen molar-refractivity contribution in [3.63, 3.8) is 0 Å². The Morgan fingerprint density at radius 2 is 1.94 bits per heavy atom. The Hall–Kier alpha value is -2.43. The van der Waals surface area contributed by atoms with Crippen LogP contribution < -0.4 is 10.6 Å². The third-order valence-electron chi connectivity index (χ3n) is 2.35. The summed E-state index contributed by atoms with van der Waals surface area (Å²) >= 11 is 0. The fraction of sp³-hybridized carbons (Fsp3) is 0.0833. The van der Waals surface area contributed by atoms with Gasteiger partial charge in [0.2, 0.25) is 0 Å². The highest BCUT2D eigenvalue weighted by atomic mass is 16.2. The molecule has 0 fully saturated rings. The molecule has 2 aromatic heterocycles. The lowest BCUT2D eigenvalue weighted by Gasteiger charge is -2.15. The van der Waals surface area contributed by atoms with Gasteiger partial charge in [-0.25, -0.2) is 4.98 Å². The Labute approximate surface area is 98.9 Å². The first kappa shape index (κ1) is 11.1. The van der Waals surface area contributed by atoms with E-state index < -0.39 is 0 Å². The van der Waals surface area contributed by atoms with E-state index in [1.165, 1.54) is 11.1 Å². The van der Waals surface area contributed by atoms with Gasteiger partial charge < -0.3 is 5.73 Å². The summed E-state index contributed by atoms with van der Waals surface area (Å²) in [6.45, 7) is 0. The Kier molecular flexibility index (Phi) is 3.00. The molecule has 5 nitrogen and oxygen atoms in total. The van der Waals surface area contributed by atoms with Crippen LogP contribution in [0.15, 0.2) is 42.9 Å². The van der Waals surface area contributed by atoms with Crippen LogP contribution >= 0.6 is 0 Å². The Morgan fingerprint density at radius 3 is 2.53 bits per heavy atom. The van der Waals surface area contributed by atoms with Crippen molar-refractivity contribution in [3.8, 4) is 0 Å². The first-order valence-electron chi connectivity index (χ1n) is 5.08. The van der Waals surface area contributed by atoms with E-state index in [-0.39, 0.29) is 5.91 Å². The van der Waals surface area contributed by atoms with Crippen molar-refractivity contribution in [2.45, 2.75) is 0 Å². The normalized spacial score (nSPS) is 9.94. The smallest absolute Gasteiger partial charge is 0.259 e. The number of amides is 1. The zero-order valence-electron chi connectivity index (χ0n) is 9.37. The lowest BCUT2D eigenvalue weighted by molar-refractivity contribution is 0.0992. The summed E-state index contributed by atoms with van der Waals surface area (Å²) < 4.78 is 0. The third kappa shape index (κ3) is 2.39. The first-order valence-corrected chi connectivity index (χ1v) is 5.08. The number of hydrogen-bond donors (Lipinski definition) is 1. The van der Waals surface area contributed by atoms with E-state index in [4.69, 9.17) is 5.73 Å². The summed E-state index contributed by atoms with van der Waals surface area (Å²) in [5.41, 5.74) is 6.68. The SMILES string of the molecule is CN(C(=O)c1ccncc1)c1ccc(N)cn1. The maximum absolute atomic E-state index is 12.1. The molecule has 0 aliphatic carbocycles. The average molecular weight is 228 g/mol. The minimum absolute atomic E-state index is 0.135. The number of hydrogen-bond acceptors (Lipinski definition) is 4. The van der Waals surface area contributed by atoms with E-state index in [2.05, 4.69) is 9.97 Å². The van der Waals surface area contributed by atoms with Crippen molar-refractivity contribution in [2.24, 2.45) is 0 Å². The van der Waals surface area contributed by atoms with Gasteiger partial charge >= 0.3 is 0 Å². The molecule has 2 rings (SSSR count). The highest BCUT2D eigenvalue weighted by Gasteiger charge is 2.13. The van der Waals surface area contributed by atoms with Crippen molar-refractivity contribution in [1.82, 2.24) is 9.97 Å². The minimum Gasteiger partial charge on any atom is -0.397 e. The molecule has 0 radical (unpaired) electrons. The van der Waals surface area contributed by atoms with Crippen molar-refractivity contribution in [3.05, 3.63) is 48.4 Å². The number of carbonyl (C=O) groups excluding carboxylic acids is 1. The van der Waals surface area contributed by atoms with Crippen LogP contribution in [0, 0.1) is 0 Å². The summed E-state index contributed by atoms with van der Waals surface area (Å²) in [6.07, 6.45) is 4.68. The summed E-state index contributed by atoms with van der Waals surface area (Å²) in [5.74, 6) is 0.422. The van der Waals surface area contributed by atoms with Gasteiger partial charge in [0.1, 0.15) is 5.82 Å². The monoisotopic (exact) mass is 228 g/mol. The van der Waals surface area contributed by atoms with Gasteiger partial charge in [0.15, 0.2) is 0 Å². The molecule has 0 saturated heterocycles. The third-order valence-corrected chi connectivity index (χ3v) is 2.35. The fourth-order valence-corrected chi connectivity index (χ4v) is 1.39. The summed E-state index contributed by atoms with van der Waals surface area (Å²) in [6, 6.07) is 6.74. The van der Waals surface area contributed by atoms with Crippen LogP contribution in [0.25, 0.3) is 0 Å². The Morgan fingerprint density at radius 1 is 1.24 bits per heavy atom. The molecule has 2 N–H and O–H groups in total. The number of rotatable bonds is 2. The molecule has 86 valence electrons. The molecule has 0 aromatic carbocycles. The van der Waals surface area contributed by atoms with Gasteiger partial charge in [0.25, 0.3) is 5.91 Å². The standard InChI is InChI=1S/C12H12N4O/c1-16(11-3-2-10(13)8-15-11)12(17)9-4-6-14-7-5-9/h2-8H,13H2,1H3. The summed E-state index contributed by atoms with van der Waals surface area (Å²) in [7, 11) is 1.67. The molecule has 2 heterocycles. The van der Waals surface area contributed by atoms with Gasteiger partial charge in [-0.15, -0.1) is 0 Å². The molecule has 2 aromatic rings. The topological polar surface area (TPSA) is 72.1 Å². The quantitative estimate of drug-likeness (QED) is 0.841. The maximum atomic E-state index is 12.1. The zero-order valence-corrected chi connectivity index (χ0v) is 9.37.